The van der Waals surface area contributed by atoms with Crippen molar-refractivity contribution in [3.8, 4) is 51.1 Å². The molecule has 3 heterocycles. The summed E-state index contributed by atoms with van der Waals surface area (Å²) in [7, 11) is 0. The van der Waals surface area contributed by atoms with Crippen molar-refractivity contribution in [3.05, 3.63) is 180 Å². The van der Waals surface area contributed by atoms with Crippen molar-refractivity contribution in [2.24, 2.45) is 0 Å². The molecule has 0 saturated heterocycles. The first-order valence-electron chi connectivity index (χ1n) is 19.1. The molecule has 0 aliphatic rings. The predicted octanol–water partition coefficient (Wildman–Crippen LogP) is 13.1. The van der Waals surface area contributed by atoms with Crippen LogP contribution in [0.3, 0.4) is 0 Å². The fourth-order valence-electron chi connectivity index (χ4n) is 8.41. The molecule has 10 aromatic rings. The topological polar surface area (TPSA) is 76.7 Å². The molecule has 0 aliphatic heterocycles. The van der Waals surface area contributed by atoms with Crippen molar-refractivity contribution in [1.82, 2.24) is 24.1 Å². The Bertz CT molecular complexity index is 3240. The Labute approximate surface area is 341 Å². The van der Waals surface area contributed by atoms with E-state index >= 15 is 13.2 Å². The maximum absolute atomic E-state index is 16.5. The van der Waals surface area contributed by atoms with Crippen molar-refractivity contribution in [1.29, 1.82) is 5.26 Å². The number of aryl methyl sites for hydroxylation is 2. The number of halogens is 3. The van der Waals surface area contributed by atoms with Crippen LogP contribution in [0.5, 0.6) is 0 Å². The molecule has 7 nitrogen and oxygen atoms in total. The zero-order chi connectivity index (χ0) is 41.3. The summed E-state index contributed by atoms with van der Waals surface area (Å²) in [5, 5.41) is 12.6. The number of hydrogen-bond donors (Lipinski definition) is 0. The lowest BCUT2D eigenvalue weighted by Gasteiger charge is -2.23. The number of benzene rings is 7. The van der Waals surface area contributed by atoms with E-state index in [-0.39, 0.29) is 17.2 Å². The fraction of sp³-hybridized carbons (Fsp3) is 0.0600. The first-order valence-corrected chi connectivity index (χ1v) is 19.1. The quantitative estimate of drug-likeness (QED) is 0.163. The van der Waals surface area contributed by atoms with Crippen molar-refractivity contribution in [2.75, 3.05) is 0 Å². The lowest BCUT2D eigenvalue weighted by Crippen LogP contribution is -2.16. The van der Waals surface area contributed by atoms with Gasteiger partial charge in [-0.3, -0.25) is 0 Å². The van der Waals surface area contributed by atoms with Crippen LogP contribution >= 0.6 is 0 Å². The van der Waals surface area contributed by atoms with Crippen molar-refractivity contribution in [3.63, 3.8) is 0 Å². The maximum Gasteiger partial charge on any atom is 0.420 e. The number of alkyl halides is 3. The van der Waals surface area contributed by atoms with Crippen molar-refractivity contribution < 1.29 is 13.2 Å². The summed E-state index contributed by atoms with van der Waals surface area (Å²) in [6, 6.07) is 46.1. The van der Waals surface area contributed by atoms with Crippen molar-refractivity contribution in [2.45, 2.75) is 20.0 Å². The smallest absolute Gasteiger partial charge is 0.309 e. The van der Waals surface area contributed by atoms with E-state index in [1.54, 1.807) is 59.4 Å². The second kappa shape index (κ2) is 13.8. The molecule has 0 spiro atoms. The third kappa shape index (κ3) is 5.93. The highest BCUT2D eigenvalue weighted by Gasteiger charge is 2.40. The Morgan fingerprint density at radius 2 is 0.983 bits per heavy atom. The molecule has 60 heavy (non-hydrogen) atoms. The summed E-state index contributed by atoms with van der Waals surface area (Å²) in [4.78, 5) is 17.2. The standard InChI is InChI=1S/C50H30F3N7/c1-29-56-30(2)58-49(57-29)36-26-46(59-42-10-6-4-8-38(42)40-22-18-34(24-44(40)59)32-14-12-31(28-54)13-15-32)48(50(51,52)53)47(27-36)60-43-11-7-5-9-39(43)41-23-19-35(25-45(41)60)33-16-20-37(55-3)21-17-33/h4-27H,1-2H3. The Morgan fingerprint density at radius 3 is 1.45 bits per heavy atom. The summed E-state index contributed by atoms with van der Waals surface area (Å²) in [5.74, 6) is 1.13. The van der Waals surface area contributed by atoms with Gasteiger partial charge in [0, 0.05) is 27.1 Å². The monoisotopic (exact) mass is 785 g/mol. The lowest BCUT2D eigenvalue weighted by molar-refractivity contribution is -0.137. The molecule has 0 fully saturated rings. The van der Waals surface area contributed by atoms with Gasteiger partial charge in [0.1, 0.15) is 17.2 Å². The Kier molecular flexibility index (Phi) is 8.34. The maximum atomic E-state index is 16.5. The fourth-order valence-corrected chi connectivity index (χ4v) is 8.41. The number of hydrogen-bond acceptors (Lipinski definition) is 4. The second-order valence-electron chi connectivity index (χ2n) is 14.7. The largest absolute Gasteiger partial charge is 0.420 e. The highest BCUT2D eigenvalue weighted by atomic mass is 19.4. The average molecular weight is 786 g/mol. The van der Waals surface area contributed by atoms with Gasteiger partial charge in [-0.25, -0.2) is 19.8 Å². The van der Waals surface area contributed by atoms with Crippen LogP contribution in [-0.2, 0) is 6.18 Å². The molecule has 0 aliphatic carbocycles. The van der Waals surface area contributed by atoms with Crippen LogP contribution < -0.4 is 0 Å². The molecule has 7 aromatic carbocycles. The van der Waals surface area contributed by atoms with Crippen LogP contribution in [0.4, 0.5) is 18.9 Å². The van der Waals surface area contributed by atoms with E-state index in [1.165, 1.54) is 0 Å². The number of para-hydroxylation sites is 2. The molecule has 3 aromatic heterocycles. The Hall–Kier alpha value is -8.08. The van der Waals surface area contributed by atoms with Crippen LogP contribution in [0.25, 0.3) is 93.5 Å². The molecule has 0 amide bonds. The van der Waals surface area contributed by atoms with E-state index in [0.29, 0.717) is 50.5 Å². The Balaban J connectivity index is 1.35. The van der Waals surface area contributed by atoms with Crippen LogP contribution in [0, 0.1) is 31.8 Å². The normalized spacial score (nSPS) is 11.7. The Morgan fingerprint density at radius 1 is 0.533 bits per heavy atom. The van der Waals surface area contributed by atoms with Crippen LogP contribution in [0.2, 0.25) is 0 Å². The number of nitriles is 1. The van der Waals surface area contributed by atoms with Gasteiger partial charge in [-0.05, 0) is 84.6 Å². The van der Waals surface area contributed by atoms with Gasteiger partial charge in [-0.15, -0.1) is 0 Å². The number of nitrogens with zero attached hydrogens (tertiary/aromatic N) is 7. The molecule has 0 saturated carbocycles. The van der Waals surface area contributed by atoms with Gasteiger partial charge in [0.25, 0.3) is 0 Å². The highest BCUT2D eigenvalue weighted by Crippen LogP contribution is 2.46. The van der Waals surface area contributed by atoms with Gasteiger partial charge in [0.15, 0.2) is 11.5 Å². The van der Waals surface area contributed by atoms with E-state index in [0.717, 1.165) is 43.8 Å². The van der Waals surface area contributed by atoms with Crippen LogP contribution in [0.15, 0.2) is 146 Å². The van der Waals surface area contributed by atoms with E-state index in [2.05, 4.69) is 25.9 Å². The third-order valence-electron chi connectivity index (χ3n) is 11.0. The molecule has 0 unspecified atom stereocenters. The molecular formula is C50H30F3N7. The second-order valence-corrected chi connectivity index (χ2v) is 14.7. The average Bonchev–Trinajstić information content (AvgIpc) is 3.77. The van der Waals surface area contributed by atoms with E-state index in [9.17, 15) is 5.26 Å². The van der Waals surface area contributed by atoms with Gasteiger partial charge in [0.2, 0.25) is 0 Å². The first-order chi connectivity index (χ1) is 29.1. The third-order valence-corrected chi connectivity index (χ3v) is 11.0. The molecule has 0 radical (unpaired) electrons. The SMILES string of the molecule is [C-]#[N+]c1ccc(-c2ccc3c4ccccc4n(-c4cc(-c5nc(C)nc(C)n5)cc(-n5c6ccccc6c6ccc(-c7ccc(C#N)cc7)cc65)c4C(F)(F)F)c3c2)cc1. The van der Waals surface area contributed by atoms with Crippen LogP contribution in [-0.4, -0.2) is 24.1 Å². The zero-order valence-electron chi connectivity index (χ0n) is 32.1. The minimum absolute atomic E-state index is 0.0911. The summed E-state index contributed by atoms with van der Waals surface area (Å²) in [6.07, 6.45) is -4.86. The van der Waals surface area contributed by atoms with Gasteiger partial charge < -0.3 is 9.13 Å². The van der Waals surface area contributed by atoms with Gasteiger partial charge >= 0.3 is 6.18 Å². The van der Waals surface area contributed by atoms with Gasteiger partial charge in [-0.1, -0.05) is 97.1 Å². The highest BCUT2D eigenvalue weighted by molar-refractivity contribution is 6.12. The molecular weight excluding hydrogens is 756 g/mol. The van der Waals surface area contributed by atoms with Crippen molar-refractivity contribution >= 4 is 49.3 Å². The molecule has 286 valence electrons. The first kappa shape index (κ1) is 36.3. The van der Waals surface area contributed by atoms with E-state index in [4.69, 9.17) is 6.57 Å². The molecule has 0 N–H and O–H groups in total. The summed E-state index contributed by atoms with van der Waals surface area (Å²) < 4.78 is 52.8. The summed E-state index contributed by atoms with van der Waals surface area (Å²) >= 11 is 0. The molecule has 0 atom stereocenters. The lowest BCUT2D eigenvalue weighted by atomic mass is 10.0. The van der Waals surface area contributed by atoms with Gasteiger partial charge in [0.05, 0.1) is 51.6 Å². The number of aromatic nitrogens is 5. The summed E-state index contributed by atoms with van der Waals surface area (Å²) in [5.41, 5.74) is 5.90. The number of rotatable bonds is 5. The minimum Gasteiger partial charge on any atom is -0.309 e. The molecule has 10 heteroatoms. The molecule has 10 rings (SSSR count). The zero-order valence-corrected chi connectivity index (χ0v) is 32.1. The van der Waals surface area contributed by atoms with Crippen LogP contribution in [0.1, 0.15) is 22.8 Å². The predicted molar refractivity (Wildman–Crippen MR) is 230 cm³/mol. The van der Waals surface area contributed by atoms with Gasteiger partial charge in [-0.2, -0.15) is 18.4 Å². The summed E-state index contributed by atoms with van der Waals surface area (Å²) in [6.45, 7) is 10.9. The number of fused-ring (bicyclic) bond motifs is 6. The molecule has 0 bridgehead atoms. The van der Waals surface area contributed by atoms with E-state index in [1.807, 2.05) is 109 Å². The van der Waals surface area contributed by atoms with E-state index < -0.39 is 11.7 Å². The minimum atomic E-state index is -4.86.